The molecule has 0 bridgehead atoms. The van der Waals surface area contributed by atoms with Crippen LogP contribution in [0, 0.1) is 11.3 Å². The fraction of sp³-hybridized carbons (Fsp3) is 0.278. The highest BCUT2D eigenvalue weighted by Gasteiger charge is 2.32. The smallest absolute Gasteiger partial charge is 0.246 e. The van der Waals surface area contributed by atoms with E-state index in [1.165, 1.54) is 34.6 Å². The minimum atomic E-state index is -3.91. The molecule has 0 aromatic heterocycles. The van der Waals surface area contributed by atoms with Gasteiger partial charge in [0.05, 0.1) is 11.6 Å². The van der Waals surface area contributed by atoms with Crippen LogP contribution in [-0.2, 0) is 10.0 Å². The molecule has 12 heteroatoms. The van der Waals surface area contributed by atoms with E-state index in [1.807, 2.05) is 6.07 Å². The SMILES string of the molecule is Cl.Cl.N#Cc1ccc(Oc2cc(Cl)cc(Cl)c2)c(S(=O)(=O)N2CCNC(CN)C2)c1. The molecule has 3 N–H and O–H groups in total. The van der Waals surface area contributed by atoms with Gasteiger partial charge in [0.1, 0.15) is 16.4 Å². The molecule has 164 valence electrons. The molecule has 0 amide bonds. The molecule has 1 heterocycles. The van der Waals surface area contributed by atoms with Crippen molar-refractivity contribution >= 4 is 58.0 Å². The van der Waals surface area contributed by atoms with E-state index in [9.17, 15) is 13.7 Å². The van der Waals surface area contributed by atoms with Crippen LogP contribution in [0.4, 0.5) is 0 Å². The number of halogens is 4. The molecule has 0 saturated carbocycles. The molecule has 1 aliphatic heterocycles. The monoisotopic (exact) mass is 512 g/mol. The fourth-order valence-electron chi connectivity index (χ4n) is 2.89. The highest BCUT2D eigenvalue weighted by molar-refractivity contribution is 7.89. The molecular formula is C18H20Cl4N4O3S. The van der Waals surface area contributed by atoms with E-state index in [0.29, 0.717) is 28.9 Å². The van der Waals surface area contributed by atoms with Crippen LogP contribution in [0.1, 0.15) is 5.56 Å². The molecule has 1 atom stereocenters. The molecule has 1 unspecified atom stereocenters. The van der Waals surface area contributed by atoms with E-state index < -0.39 is 10.0 Å². The summed E-state index contributed by atoms with van der Waals surface area (Å²) < 4.78 is 33.7. The minimum absolute atomic E-state index is 0. The average molecular weight is 514 g/mol. The van der Waals surface area contributed by atoms with Crippen molar-refractivity contribution in [1.29, 1.82) is 5.26 Å². The number of nitrogens with zero attached hydrogens (tertiary/aromatic N) is 2. The predicted molar refractivity (Wildman–Crippen MR) is 122 cm³/mol. The summed E-state index contributed by atoms with van der Waals surface area (Å²) in [5.41, 5.74) is 5.89. The van der Waals surface area contributed by atoms with Crippen molar-refractivity contribution in [2.75, 3.05) is 26.2 Å². The molecule has 2 aromatic rings. The normalized spacial score (nSPS) is 16.7. The van der Waals surface area contributed by atoms with Crippen LogP contribution in [0.5, 0.6) is 11.5 Å². The van der Waals surface area contributed by atoms with Gasteiger partial charge in [0.15, 0.2) is 0 Å². The van der Waals surface area contributed by atoms with E-state index in [1.54, 1.807) is 6.07 Å². The third-order valence-electron chi connectivity index (χ3n) is 4.26. The number of hydrogen-bond donors (Lipinski definition) is 2. The summed E-state index contributed by atoms with van der Waals surface area (Å²) in [7, 11) is -3.91. The number of nitriles is 1. The first-order chi connectivity index (χ1) is 13.3. The molecule has 2 aromatic carbocycles. The summed E-state index contributed by atoms with van der Waals surface area (Å²) >= 11 is 12.0. The van der Waals surface area contributed by atoms with Crippen molar-refractivity contribution < 1.29 is 13.2 Å². The van der Waals surface area contributed by atoms with E-state index in [0.717, 1.165) is 0 Å². The van der Waals surface area contributed by atoms with Gasteiger partial charge in [-0.3, -0.25) is 0 Å². The standard InChI is InChI=1S/C18H18Cl2N4O3S.2ClH/c19-13-6-14(20)8-16(7-13)27-17-2-1-12(9-21)5-18(17)28(25,26)24-4-3-23-15(10-22)11-24;;/h1-2,5-8,15,23H,3-4,10-11,22H2;2*1H. The largest absolute Gasteiger partial charge is 0.456 e. The number of sulfonamides is 1. The summed E-state index contributed by atoms with van der Waals surface area (Å²) in [6.07, 6.45) is 0. The van der Waals surface area contributed by atoms with Crippen molar-refractivity contribution in [1.82, 2.24) is 9.62 Å². The first-order valence-corrected chi connectivity index (χ1v) is 10.6. The van der Waals surface area contributed by atoms with Crippen LogP contribution in [0.25, 0.3) is 0 Å². The Morgan fingerprint density at radius 3 is 2.47 bits per heavy atom. The van der Waals surface area contributed by atoms with Crippen LogP contribution >= 0.6 is 48.0 Å². The maximum Gasteiger partial charge on any atom is 0.246 e. The summed E-state index contributed by atoms with van der Waals surface area (Å²) in [6.45, 7) is 1.32. The van der Waals surface area contributed by atoms with Gasteiger partial charge in [-0.05, 0) is 36.4 Å². The molecule has 1 saturated heterocycles. The summed E-state index contributed by atoms with van der Waals surface area (Å²) in [4.78, 5) is -0.0969. The molecule has 30 heavy (non-hydrogen) atoms. The van der Waals surface area contributed by atoms with Gasteiger partial charge >= 0.3 is 0 Å². The summed E-state index contributed by atoms with van der Waals surface area (Å²) in [6, 6.07) is 10.6. The number of nitrogens with two attached hydrogens (primary N) is 1. The van der Waals surface area contributed by atoms with Gasteiger partial charge in [0.25, 0.3) is 0 Å². The summed E-state index contributed by atoms with van der Waals surface area (Å²) in [5, 5.41) is 13.1. The maximum atomic E-state index is 13.3. The van der Waals surface area contributed by atoms with Gasteiger partial charge in [-0.25, -0.2) is 8.42 Å². The lowest BCUT2D eigenvalue weighted by atomic mass is 10.2. The van der Waals surface area contributed by atoms with Gasteiger partial charge < -0.3 is 15.8 Å². The number of nitrogens with one attached hydrogen (secondary N) is 1. The Hall–Kier alpha value is -1.28. The number of rotatable bonds is 5. The Labute approximate surface area is 198 Å². The molecule has 3 rings (SSSR count). The third-order valence-corrected chi connectivity index (χ3v) is 6.58. The van der Waals surface area contributed by atoms with Crippen molar-refractivity contribution in [3.05, 3.63) is 52.0 Å². The molecule has 0 spiro atoms. The average Bonchev–Trinajstić information content (AvgIpc) is 2.67. The van der Waals surface area contributed by atoms with Gasteiger partial charge in [-0.2, -0.15) is 9.57 Å². The Balaban J connectivity index is 0.00000225. The lowest BCUT2D eigenvalue weighted by Crippen LogP contribution is -2.55. The van der Waals surface area contributed by atoms with Crippen LogP contribution < -0.4 is 15.8 Å². The van der Waals surface area contributed by atoms with E-state index in [-0.39, 0.29) is 60.2 Å². The van der Waals surface area contributed by atoms with Gasteiger partial charge in [-0.1, -0.05) is 23.2 Å². The van der Waals surface area contributed by atoms with Gasteiger partial charge in [-0.15, -0.1) is 24.8 Å². The Morgan fingerprint density at radius 2 is 1.87 bits per heavy atom. The number of hydrogen-bond acceptors (Lipinski definition) is 6. The molecule has 1 aliphatic rings. The predicted octanol–water partition coefficient (Wildman–Crippen LogP) is 3.42. The van der Waals surface area contributed by atoms with E-state index in [4.69, 9.17) is 33.7 Å². The maximum absolute atomic E-state index is 13.3. The molecule has 0 radical (unpaired) electrons. The van der Waals surface area contributed by atoms with Crippen LogP contribution in [0.15, 0.2) is 41.3 Å². The zero-order valence-corrected chi connectivity index (χ0v) is 19.5. The second-order valence-corrected chi connectivity index (χ2v) is 9.01. The number of piperazine rings is 1. The van der Waals surface area contributed by atoms with Crippen molar-refractivity contribution in [3.8, 4) is 17.6 Å². The lowest BCUT2D eigenvalue weighted by molar-refractivity contribution is 0.301. The van der Waals surface area contributed by atoms with Crippen molar-refractivity contribution in [2.24, 2.45) is 5.73 Å². The second-order valence-electron chi connectivity index (χ2n) is 6.23. The van der Waals surface area contributed by atoms with E-state index in [2.05, 4.69) is 5.32 Å². The minimum Gasteiger partial charge on any atom is -0.456 e. The number of benzene rings is 2. The zero-order valence-electron chi connectivity index (χ0n) is 15.5. The summed E-state index contributed by atoms with van der Waals surface area (Å²) in [5.74, 6) is 0.374. The molecule has 0 aliphatic carbocycles. The van der Waals surface area contributed by atoms with Crippen molar-refractivity contribution in [2.45, 2.75) is 10.9 Å². The Kier molecular flexibility index (Phi) is 10.1. The highest BCUT2D eigenvalue weighted by Crippen LogP contribution is 2.34. The topological polar surface area (TPSA) is 108 Å². The van der Waals surface area contributed by atoms with Crippen LogP contribution in [0.2, 0.25) is 10.0 Å². The first-order valence-electron chi connectivity index (χ1n) is 8.45. The first kappa shape index (κ1) is 26.8. The van der Waals surface area contributed by atoms with Gasteiger partial charge in [0.2, 0.25) is 10.0 Å². The lowest BCUT2D eigenvalue weighted by Gasteiger charge is -2.32. The number of ether oxygens (including phenoxy) is 1. The van der Waals surface area contributed by atoms with Crippen LogP contribution in [0.3, 0.4) is 0 Å². The molecule has 1 fully saturated rings. The third kappa shape index (κ3) is 6.13. The fourth-order valence-corrected chi connectivity index (χ4v) is 5.02. The van der Waals surface area contributed by atoms with E-state index >= 15 is 0 Å². The Bertz CT molecular complexity index is 1010. The quantitative estimate of drug-likeness (QED) is 0.634. The van der Waals surface area contributed by atoms with Crippen molar-refractivity contribution in [3.63, 3.8) is 0 Å². The zero-order chi connectivity index (χ0) is 20.3. The molecular weight excluding hydrogens is 494 g/mol. The van der Waals surface area contributed by atoms with Gasteiger partial charge in [0, 0.05) is 42.3 Å². The Morgan fingerprint density at radius 1 is 1.20 bits per heavy atom. The highest BCUT2D eigenvalue weighted by atomic mass is 35.5. The van der Waals surface area contributed by atoms with Crippen LogP contribution in [-0.4, -0.2) is 44.9 Å². The molecule has 7 nitrogen and oxygen atoms in total. The second kappa shape index (κ2) is 11.4.